The molecule has 1 amide bonds. The van der Waals surface area contributed by atoms with E-state index in [2.05, 4.69) is 19.2 Å². The first-order valence-electron chi connectivity index (χ1n) is 7.00. The minimum Gasteiger partial charge on any atom is -0.350 e. The van der Waals surface area contributed by atoms with E-state index in [4.69, 9.17) is 5.73 Å². The predicted octanol–water partition coefficient (Wildman–Crippen LogP) is 2.50. The summed E-state index contributed by atoms with van der Waals surface area (Å²) in [5, 5.41) is 3.08. The van der Waals surface area contributed by atoms with Crippen molar-refractivity contribution < 1.29 is 4.79 Å². The highest BCUT2D eigenvalue weighted by Crippen LogP contribution is 2.15. The van der Waals surface area contributed by atoms with E-state index in [0.29, 0.717) is 18.9 Å². The fourth-order valence-electron chi connectivity index (χ4n) is 2.39. The van der Waals surface area contributed by atoms with Crippen molar-refractivity contribution in [2.75, 3.05) is 6.54 Å². The van der Waals surface area contributed by atoms with Crippen LogP contribution >= 0.6 is 0 Å². The van der Waals surface area contributed by atoms with Gasteiger partial charge in [0.15, 0.2) is 0 Å². The lowest BCUT2D eigenvalue weighted by Gasteiger charge is -2.31. The molecule has 1 atom stereocenters. The maximum atomic E-state index is 12.0. The van der Waals surface area contributed by atoms with Gasteiger partial charge in [-0.2, -0.15) is 0 Å². The van der Waals surface area contributed by atoms with Crippen molar-refractivity contribution in [3.05, 3.63) is 35.9 Å². The molecule has 0 aliphatic carbocycles. The zero-order chi connectivity index (χ0) is 14.3. The van der Waals surface area contributed by atoms with Gasteiger partial charge >= 0.3 is 0 Å². The number of hydrogen-bond acceptors (Lipinski definition) is 2. The van der Waals surface area contributed by atoms with E-state index >= 15 is 0 Å². The number of hydrogen-bond donors (Lipinski definition) is 2. The van der Waals surface area contributed by atoms with Crippen molar-refractivity contribution in [3.8, 4) is 0 Å². The van der Waals surface area contributed by atoms with Crippen molar-refractivity contribution in [2.24, 2.45) is 11.7 Å². The Morgan fingerprint density at radius 2 is 1.95 bits per heavy atom. The molecule has 0 bridgehead atoms. The summed E-state index contributed by atoms with van der Waals surface area (Å²) in [6.07, 6.45) is 2.19. The van der Waals surface area contributed by atoms with Crippen molar-refractivity contribution >= 4 is 5.91 Å². The van der Waals surface area contributed by atoms with Gasteiger partial charge in [0.05, 0.1) is 0 Å². The lowest BCUT2D eigenvalue weighted by molar-refractivity contribution is -0.122. The lowest BCUT2D eigenvalue weighted by Crippen LogP contribution is -2.52. The molecule has 0 radical (unpaired) electrons. The summed E-state index contributed by atoms with van der Waals surface area (Å²) < 4.78 is 0. The monoisotopic (exact) mass is 262 g/mol. The van der Waals surface area contributed by atoms with Gasteiger partial charge in [-0.25, -0.2) is 0 Å². The SMILES string of the molecule is CC(C)CC(C)(CN)NC(=O)CCc1ccccc1. The van der Waals surface area contributed by atoms with Crippen LogP contribution in [0, 0.1) is 5.92 Å². The second-order valence-corrected chi connectivity index (χ2v) is 5.90. The molecule has 0 saturated heterocycles. The Labute approximate surface area is 116 Å². The van der Waals surface area contributed by atoms with Crippen molar-refractivity contribution in [3.63, 3.8) is 0 Å². The van der Waals surface area contributed by atoms with E-state index in [9.17, 15) is 4.79 Å². The molecule has 1 aromatic rings. The third-order valence-electron chi connectivity index (χ3n) is 3.23. The molecule has 0 aliphatic rings. The number of carbonyl (C=O) groups is 1. The lowest BCUT2D eigenvalue weighted by atomic mass is 9.90. The average molecular weight is 262 g/mol. The Morgan fingerprint density at radius 3 is 2.47 bits per heavy atom. The van der Waals surface area contributed by atoms with Crippen LogP contribution in [0.25, 0.3) is 0 Å². The molecule has 0 saturated carbocycles. The fourth-order valence-corrected chi connectivity index (χ4v) is 2.39. The highest BCUT2D eigenvalue weighted by Gasteiger charge is 2.25. The quantitative estimate of drug-likeness (QED) is 0.793. The molecule has 0 aliphatic heterocycles. The third-order valence-corrected chi connectivity index (χ3v) is 3.23. The molecular weight excluding hydrogens is 236 g/mol. The Morgan fingerprint density at radius 1 is 1.32 bits per heavy atom. The first kappa shape index (κ1) is 15.7. The fraction of sp³-hybridized carbons (Fsp3) is 0.562. The van der Waals surface area contributed by atoms with Crippen LogP contribution in [0.15, 0.2) is 30.3 Å². The van der Waals surface area contributed by atoms with Gasteiger partial charge in [-0.1, -0.05) is 44.2 Å². The standard InChI is InChI=1S/C16H26N2O/c1-13(2)11-16(3,12-17)18-15(19)10-9-14-7-5-4-6-8-14/h4-8,13H,9-12,17H2,1-3H3,(H,18,19). The molecule has 0 fully saturated rings. The Balaban J connectivity index is 2.45. The molecule has 0 heterocycles. The van der Waals surface area contributed by atoms with Gasteiger partial charge in [-0.05, 0) is 31.2 Å². The van der Waals surface area contributed by atoms with E-state index < -0.39 is 0 Å². The normalized spacial score (nSPS) is 14.2. The second kappa shape index (κ2) is 7.29. The van der Waals surface area contributed by atoms with Gasteiger partial charge in [-0.3, -0.25) is 4.79 Å². The van der Waals surface area contributed by atoms with Crippen LogP contribution in [0.3, 0.4) is 0 Å². The van der Waals surface area contributed by atoms with Crippen molar-refractivity contribution in [1.82, 2.24) is 5.32 Å². The Hall–Kier alpha value is -1.35. The maximum Gasteiger partial charge on any atom is 0.220 e. The van der Waals surface area contributed by atoms with E-state index in [1.165, 1.54) is 5.56 Å². The first-order chi connectivity index (χ1) is 8.95. The topological polar surface area (TPSA) is 55.1 Å². The summed E-state index contributed by atoms with van der Waals surface area (Å²) >= 11 is 0. The van der Waals surface area contributed by atoms with Crippen LogP contribution in [0.1, 0.15) is 39.2 Å². The van der Waals surface area contributed by atoms with Gasteiger partial charge in [0.1, 0.15) is 0 Å². The average Bonchev–Trinajstić information content (AvgIpc) is 2.36. The number of nitrogens with two attached hydrogens (primary N) is 1. The van der Waals surface area contributed by atoms with Gasteiger partial charge in [0.2, 0.25) is 5.91 Å². The van der Waals surface area contributed by atoms with E-state index in [1.807, 2.05) is 37.3 Å². The highest BCUT2D eigenvalue weighted by atomic mass is 16.1. The summed E-state index contributed by atoms with van der Waals surface area (Å²) in [4.78, 5) is 12.0. The van der Waals surface area contributed by atoms with Gasteiger partial charge < -0.3 is 11.1 Å². The van der Waals surface area contributed by atoms with Gasteiger partial charge in [-0.15, -0.1) is 0 Å². The van der Waals surface area contributed by atoms with Crippen LogP contribution in [0.2, 0.25) is 0 Å². The molecule has 106 valence electrons. The molecule has 3 heteroatoms. The summed E-state index contributed by atoms with van der Waals surface area (Å²) in [6.45, 7) is 6.78. The molecular formula is C16H26N2O. The smallest absolute Gasteiger partial charge is 0.220 e. The van der Waals surface area contributed by atoms with Crippen LogP contribution in [0.4, 0.5) is 0 Å². The Bertz CT molecular complexity index is 389. The molecule has 3 N–H and O–H groups in total. The van der Waals surface area contributed by atoms with Crippen molar-refractivity contribution in [1.29, 1.82) is 0 Å². The summed E-state index contributed by atoms with van der Waals surface area (Å²) in [5.41, 5.74) is 6.70. The van der Waals surface area contributed by atoms with Crippen LogP contribution in [-0.4, -0.2) is 18.0 Å². The number of nitrogens with one attached hydrogen (secondary N) is 1. The molecule has 1 rings (SSSR count). The molecule has 3 nitrogen and oxygen atoms in total. The number of benzene rings is 1. The molecule has 1 unspecified atom stereocenters. The summed E-state index contributed by atoms with van der Waals surface area (Å²) in [7, 11) is 0. The first-order valence-corrected chi connectivity index (χ1v) is 7.00. The van der Waals surface area contributed by atoms with Crippen LogP contribution in [-0.2, 0) is 11.2 Å². The Kier molecular flexibility index (Phi) is 6.03. The van der Waals surface area contributed by atoms with Crippen molar-refractivity contribution in [2.45, 2.75) is 45.6 Å². The zero-order valence-corrected chi connectivity index (χ0v) is 12.3. The van der Waals surface area contributed by atoms with E-state index in [0.717, 1.165) is 12.8 Å². The number of aryl methyl sites for hydroxylation is 1. The second-order valence-electron chi connectivity index (χ2n) is 5.90. The summed E-state index contributed by atoms with van der Waals surface area (Å²) in [5.74, 6) is 0.598. The minimum atomic E-state index is -0.290. The number of rotatable bonds is 7. The van der Waals surface area contributed by atoms with Crippen LogP contribution < -0.4 is 11.1 Å². The number of carbonyl (C=O) groups excluding carboxylic acids is 1. The molecule has 19 heavy (non-hydrogen) atoms. The van der Waals surface area contributed by atoms with E-state index in [-0.39, 0.29) is 11.4 Å². The minimum absolute atomic E-state index is 0.0810. The molecule has 0 spiro atoms. The number of amides is 1. The van der Waals surface area contributed by atoms with Gasteiger partial charge in [0.25, 0.3) is 0 Å². The predicted molar refractivity (Wildman–Crippen MR) is 79.8 cm³/mol. The van der Waals surface area contributed by atoms with Gasteiger partial charge in [0, 0.05) is 18.5 Å². The maximum absolute atomic E-state index is 12.0. The highest BCUT2D eigenvalue weighted by molar-refractivity contribution is 5.77. The molecule has 1 aromatic carbocycles. The van der Waals surface area contributed by atoms with Crippen LogP contribution in [0.5, 0.6) is 0 Å². The summed E-state index contributed by atoms with van der Waals surface area (Å²) in [6, 6.07) is 10.1. The largest absolute Gasteiger partial charge is 0.350 e. The molecule has 0 aromatic heterocycles. The van der Waals surface area contributed by atoms with E-state index in [1.54, 1.807) is 0 Å². The third kappa shape index (κ3) is 5.88. The zero-order valence-electron chi connectivity index (χ0n) is 12.3.